The van der Waals surface area contributed by atoms with E-state index in [0.29, 0.717) is 33.9 Å². The molecule has 2 aromatic carbocycles. The smallest absolute Gasteiger partial charge is 0.302 e. The number of benzene rings is 2. The number of aromatic nitrogens is 2. The Morgan fingerprint density at radius 1 is 1.06 bits per heavy atom. The predicted molar refractivity (Wildman–Crippen MR) is 132 cm³/mol. The van der Waals surface area contributed by atoms with Crippen molar-refractivity contribution in [1.29, 1.82) is 0 Å². The molecule has 5 rings (SSSR count). The van der Waals surface area contributed by atoms with Gasteiger partial charge in [0.25, 0.3) is 5.78 Å². The van der Waals surface area contributed by atoms with E-state index in [2.05, 4.69) is 9.97 Å². The van der Waals surface area contributed by atoms with Gasteiger partial charge in [-0.25, -0.2) is 4.98 Å². The van der Waals surface area contributed by atoms with Crippen LogP contribution in [0.2, 0.25) is 0 Å². The average molecular weight is 472 g/mol. The number of H-pyrrole nitrogens is 1. The summed E-state index contributed by atoms with van der Waals surface area (Å²) in [5.41, 5.74) is 4.28. The molecule has 0 spiro atoms. The molecule has 35 heavy (non-hydrogen) atoms. The summed E-state index contributed by atoms with van der Waals surface area (Å²) in [6.45, 7) is 7.38. The normalized spacial score (nSPS) is 17.5. The lowest BCUT2D eigenvalue weighted by Crippen LogP contribution is -2.30. The summed E-state index contributed by atoms with van der Waals surface area (Å²) in [5, 5.41) is 11.4. The Bertz CT molecular complexity index is 1540. The summed E-state index contributed by atoms with van der Waals surface area (Å²) in [5.74, 6) is -0.0655. The Kier molecular flexibility index (Phi) is 5.24. The first-order chi connectivity index (χ1) is 16.7. The van der Waals surface area contributed by atoms with E-state index in [1.807, 2.05) is 32.0 Å². The number of aliphatic hydroxyl groups excluding tert-OH is 1. The molecule has 2 N–H and O–H groups in total. The van der Waals surface area contributed by atoms with Crippen LogP contribution in [0, 0.1) is 27.7 Å². The third-order valence-electron chi connectivity index (χ3n) is 6.33. The van der Waals surface area contributed by atoms with Gasteiger partial charge in [-0.2, -0.15) is 0 Å². The minimum atomic E-state index is -0.993. The van der Waals surface area contributed by atoms with E-state index in [4.69, 9.17) is 9.15 Å². The third-order valence-corrected chi connectivity index (χ3v) is 6.33. The van der Waals surface area contributed by atoms with E-state index in [1.165, 1.54) is 4.90 Å². The first-order valence-electron chi connectivity index (χ1n) is 11.2. The molecular weight excluding hydrogens is 446 g/mol. The van der Waals surface area contributed by atoms with Crippen LogP contribution in [-0.4, -0.2) is 33.9 Å². The number of ether oxygens (including phenoxy) is 1. The summed E-state index contributed by atoms with van der Waals surface area (Å²) in [6, 6.07) is 11.7. The molecule has 2 aromatic heterocycles. The monoisotopic (exact) mass is 471 g/mol. The zero-order valence-electron chi connectivity index (χ0n) is 20.1. The Morgan fingerprint density at radius 3 is 2.51 bits per heavy atom. The molecular formula is C27H25N3O5. The molecule has 0 aliphatic carbocycles. The predicted octanol–water partition coefficient (Wildman–Crippen LogP) is 5.02. The SMILES string of the molecule is COc1cc(C)c(/C(O)=C2\C(=O)C(=O)N(c3nc4ccc(C)cc4[nH]3)C2c2ccc(C)o2)cc1C. The maximum Gasteiger partial charge on any atom is 0.302 e. The van der Waals surface area contributed by atoms with Gasteiger partial charge in [0.05, 0.1) is 23.7 Å². The van der Waals surface area contributed by atoms with E-state index in [-0.39, 0.29) is 17.3 Å². The van der Waals surface area contributed by atoms with Crippen molar-refractivity contribution in [1.82, 2.24) is 9.97 Å². The van der Waals surface area contributed by atoms with Gasteiger partial charge in [0.2, 0.25) is 5.95 Å². The molecule has 1 unspecified atom stereocenters. The molecule has 0 saturated carbocycles. The highest BCUT2D eigenvalue weighted by molar-refractivity contribution is 6.51. The number of anilines is 1. The Hall–Kier alpha value is -4.33. The first-order valence-corrected chi connectivity index (χ1v) is 11.2. The van der Waals surface area contributed by atoms with Gasteiger partial charge in [0, 0.05) is 5.56 Å². The lowest BCUT2D eigenvalue weighted by molar-refractivity contribution is -0.132. The third kappa shape index (κ3) is 3.58. The van der Waals surface area contributed by atoms with Crippen LogP contribution in [0.25, 0.3) is 16.8 Å². The van der Waals surface area contributed by atoms with Crippen LogP contribution < -0.4 is 9.64 Å². The molecule has 8 nitrogen and oxygen atoms in total. The lowest BCUT2D eigenvalue weighted by Gasteiger charge is -2.21. The van der Waals surface area contributed by atoms with Crippen molar-refractivity contribution in [3.63, 3.8) is 0 Å². The Labute approximate surface area is 201 Å². The lowest BCUT2D eigenvalue weighted by atomic mass is 9.95. The topological polar surface area (TPSA) is 109 Å². The standard InChI is InChI=1S/C27H25N3O5/c1-13-6-8-18-19(10-13)29-27(28-18)30-23(20-9-7-16(4)35-20)22(25(32)26(30)33)24(31)17-11-15(3)21(34-5)12-14(17)2/h6-12,23,31H,1-5H3,(H,28,29)/b24-22+. The van der Waals surface area contributed by atoms with Crippen molar-refractivity contribution < 1.29 is 23.8 Å². The summed E-state index contributed by atoms with van der Waals surface area (Å²) in [4.78, 5) is 35.7. The number of furan rings is 1. The maximum atomic E-state index is 13.4. The minimum Gasteiger partial charge on any atom is -0.507 e. The number of aromatic amines is 1. The van der Waals surface area contributed by atoms with Crippen molar-refractivity contribution >= 4 is 34.4 Å². The number of amides is 1. The summed E-state index contributed by atoms with van der Waals surface area (Å²) in [7, 11) is 1.57. The van der Waals surface area contributed by atoms with Crippen LogP contribution >= 0.6 is 0 Å². The molecule has 1 aliphatic rings. The number of imidazole rings is 1. The second kappa shape index (κ2) is 8.16. The van der Waals surface area contributed by atoms with Gasteiger partial charge >= 0.3 is 5.91 Å². The van der Waals surface area contributed by atoms with E-state index in [9.17, 15) is 14.7 Å². The Balaban J connectivity index is 1.74. The van der Waals surface area contributed by atoms with Gasteiger partial charge in [-0.3, -0.25) is 14.5 Å². The number of aryl methyl sites for hydroxylation is 4. The summed E-state index contributed by atoms with van der Waals surface area (Å²) >= 11 is 0. The highest BCUT2D eigenvalue weighted by atomic mass is 16.5. The van der Waals surface area contributed by atoms with Crippen LogP contribution in [0.15, 0.2) is 52.5 Å². The molecule has 1 saturated heterocycles. The number of Topliss-reactive ketones (excluding diaryl/α,β-unsaturated/α-hetero) is 1. The van der Waals surface area contributed by atoms with Gasteiger partial charge in [-0.15, -0.1) is 0 Å². The largest absolute Gasteiger partial charge is 0.507 e. The highest BCUT2D eigenvalue weighted by Crippen LogP contribution is 2.43. The molecule has 0 radical (unpaired) electrons. The quantitative estimate of drug-likeness (QED) is 0.246. The molecule has 3 heterocycles. The fraction of sp³-hybridized carbons (Fsp3) is 0.222. The van der Waals surface area contributed by atoms with Crippen LogP contribution in [0.4, 0.5) is 5.95 Å². The van der Waals surface area contributed by atoms with Crippen LogP contribution in [0.5, 0.6) is 5.75 Å². The number of methoxy groups -OCH3 is 1. The number of fused-ring (bicyclic) bond motifs is 1. The number of ketones is 1. The summed E-state index contributed by atoms with van der Waals surface area (Å²) < 4.78 is 11.2. The Morgan fingerprint density at radius 2 is 1.83 bits per heavy atom. The van der Waals surface area contributed by atoms with Crippen molar-refractivity contribution in [3.8, 4) is 5.75 Å². The van der Waals surface area contributed by atoms with E-state index < -0.39 is 17.7 Å². The van der Waals surface area contributed by atoms with E-state index >= 15 is 0 Å². The van der Waals surface area contributed by atoms with Gasteiger partial charge in [-0.1, -0.05) is 6.07 Å². The number of aliphatic hydroxyl groups is 1. The zero-order chi connectivity index (χ0) is 25.0. The summed E-state index contributed by atoms with van der Waals surface area (Å²) in [6.07, 6.45) is 0. The number of carbonyl (C=O) groups is 2. The molecule has 4 aromatic rings. The van der Waals surface area contributed by atoms with Crippen molar-refractivity contribution in [2.24, 2.45) is 0 Å². The minimum absolute atomic E-state index is 0.0614. The second-order valence-corrected chi connectivity index (χ2v) is 8.84. The zero-order valence-corrected chi connectivity index (χ0v) is 20.1. The van der Waals surface area contributed by atoms with Crippen LogP contribution in [0.3, 0.4) is 0 Å². The number of carbonyl (C=O) groups excluding carboxylic acids is 2. The second-order valence-electron chi connectivity index (χ2n) is 8.84. The molecule has 0 bridgehead atoms. The van der Waals surface area contributed by atoms with E-state index in [1.54, 1.807) is 45.2 Å². The fourth-order valence-corrected chi connectivity index (χ4v) is 4.55. The van der Waals surface area contributed by atoms with Gasteiger partial charge < -0.3 is 19.2 Å². The molecule has 1 aliphatic heterocycles. The van der Waals surface area contributed by atoms with Gasteiger partial charge in [0.1, 0.15) is 29.1 Å². The van der Waals surface area contributed by atoms with Crippen LogP contribution in [-0.2, 0) is 9.59 Å². The number of rotatable bonds is 4. The molecule has 178 valence electrons. The van der Waals surface area contributed by atoms with E-state index in [0.717, 1.165) is 16.6 Å². The fourth-order valence-electron chi connectivity index (χ4n) is 4.55. The van der Waals surface area contributed by atoms with Gasteiger partial charge in [-0.05, 0) is 80.8 Å². The number of hydrogen-bond donors (Lipinski definition) is 2. The van der Waals surface area contributed by atoms with Crippen LogP contribution in [0.1, 0.15) is 39.8 Å². The molecule has 1 fully saturated rings. The molecule has 8 heteroatoms. The molecule has 1 amide bonds. The van der Waals surface area contributed by atoms with Crippen molar-refractivity contribution in [3.05, 3.63) is 81.8 Å². The van der Waals surface area contributed by atoms with Crippen molar-refractivity contribution in [2.45, 2.75) is 33.7 Å². The number of nitrogens with one attached hydrogen (secondary N) is 1. The van der Waals surface area contributed by atoms with Gasteiger partial charge in [0.15, 0.2) is 0 Å². The first kappa shape index (κ1) is 22.5. The highest BCUT2D eigenvalue weighted by Gasteiger charge is 2.49. The molecule has 1 atom stereocenters. The average Bonchev–Trinajstić information content (AvgIpc) is 3.50. The number of hydrogen-bond acceptors (Lipinski definition) is 6. The maximum absolute atomic E-state index is 13.4. The van der Waals surface area contributed by atoms with Crippen molar-refractivity contribution in [2.75, 3.05) is 12.0 Å². The number of nitrogens with zero attached hydrogens (tertiary/aromatic N) is 2.